The number of Topliss-reactive ketones (excluding diaryl/α,β-unsaturated/α-hetero) is 1. The van der Waals surface area contributed by atoms with E-state index in [1.54, 1.807) is 0 Å². The van der Waals surface area contributed by atoms with Crippen molar-refractivity contribution in [3.05, 3.63) is 40.5 Å². The highest BCUT2D eigenvalue weighted by Gasteiger charge is 2.28. The van der Waals surface area contributed by atoms with Gasteiger partial charge in [-0.15, -0.1) is 0 Å². The van der Waals surface area contributed by atoms with Crippen LogP contribution in [0.25, 0.3) is 0 Å². The van der Waals surface area contributed by atoms with E-state index in [9.17, 15) is 4.79 Å². The molecule has 1 fully saturated rings. The van der Waals surface area contributed by atoms with Crippen molar-refractivity contribution < 1.29 is 9.53 Å². The molecule has 5 rings (SSSR count). The second kappa shape index (κ2) is 9.67. The van der Waals surface area contributed by atoms with Crippen LogP contribution in [0.2, 0.25) is 0 Å². The number of unbranched alkanes of at least 4 members (excludes halogenated alkanes) is 1. The number of anilines is 2. The van der Waals surface area contributed by atoms with Crippen molar-refractivity contribution in [1.82, 2.24) is 14.9 Å². The Hall–Kier alpha value is -2.67. The molecular formula is C26H35N5O2. The average Bonchev–Trinajstić information content (AvgIpc) is 2.77. The number of ether oxygens (including phenoxy) is 1. The van der Waals surface area contributed by atoms with E-state index in [-0.39, 0.29) is 12.2 Å². The number of carbonyl (C=O) groups excluding carboxylic acids is 1. The fourth-order valence-corrected chi connectivity index (χ4v) is 5.13. The molecule has 2 aliphatic heterocycles. The SMILES string of the molecule is CCCCOc1nc(N)c2c(n1)N(Cc1ccc3c(c1)CN(CC1CCC1)CC3)CC(=O)C2. The molecule has 3 heterocycles. The highest BCUT2D eigenvalue weighted by Crippen LogP contribution is 2.32. The predicted molar refractivity (Wildman–Crippen MR) is 129 cm³/mol. The summed E-state index contributed by atoms with van der Waals surface area (Å²) < 4.78 is 5.73. The van der Waals surface area contributed by atoms with Crippen LogP contribution in [0.4, 0.5) is 11.6 Å². The number of carbonyl (C=O) groups is 1. The van der Waals surface area contributed by atoms with Crippen LogP contribution in [0, 0.1) is 5.92 Å². The number of nitrogens with two attached hydrogens (primary N) is 1. The minimum atomic E-state index is 0.141. The van der Waals surface area contributed by atoms with E-state index < -0.39 is 0 Å². The molecule has 3 aliphatic rings. The Morgan fingerprint density at radius 2 is 2.06 bits per heavy atom. The van der Waals surface area contributed by atoms with Crippen molar-refractivity contribution >= 4 is 17.4 Å². The largest absolute Gasteiger partial charge is 0.463 e. The van der Waals surface area contributed by atoms with Crippen molar-refractivity contribution in [3.63, 3.8) is 0 Å². The van der Waals surface area contributed by atoms with E-state index in [1.807, 2.05) is 4.90 Å². The van der Waals surface area contributed by atoms with Crippen molar-refractivity contribution in [2.45, 2.75) is 65.0 Å². The van der Waals surface area contributed by atoms with E-state index in [0.717, 1.165) is 49.7 Å². The first kappa shape index (κ1) is 22.1. The summed E-state index contributed by atoms with van der Waals surface area (Å²) in [6.45, 7) is 7.06. The maximum absolute atomic E-state index is 12.5. The standard InChI is InChI=1S/C26H35N5O2/c1-2-3-11-33-26-28-24(27)23-13-22(32)17-31(25(23)29-26)15-19-7-8-20-9-10-30(16-21(20)12-19)14-18-5-4-6-18/h7-8,12,18H,2-6,9-11,13-17H2,1H3,(H2,27,28,29). The number of hydrogen-bond acceptors (Lipinski definition) is 7. The Morgan fingerprint density at radius 3 is 2.85 bits per heavy atom. The highest BCUT2D eigenvalue weighted by molar-refractivity contribution is 5.91. The fourth-order valence-electron chi connectivity index (χ4n) is 5.13. The molecule has 7 heteroatoms. The maximum Gasteiger partial charge on any atom is 0.320 e. The maximum atomic E-state index is 12.5. The Kier molecular flexibility index (Phi) is 6.49. The zero-order chi connectivity index (χ0) is 22.8. The van der Waals surface area contributed by atoms with Gasteiger partial charge in [-0.25, -0.2) is 0 Å². The summed E-state index contributed by atoms with van der Waals surface area (Å²) in [4.78, 5) is 26.1. The molecule has 0 unspecified atom stereocenters. The molecule has 1 aromatic carbocycles. The Balaban J connectivity index is 1.34. The van der Waals surface area contributed by atoms with Crippen LogP contribution in [-0.4, -0.2) is 46.9 Å². The molecule has 0 spiro atoms. The fraction of sp³-hybridized carbons (Fsp3) is 0.577. The van der Waals surface area contributed by atoms with Gasteiger partial charge in [0, 0.05) is 38.2 Å². The third-order valence-corrected chi connectivity index (χ3v) is 7.24. The van der Waals surface area contributed by atoms with Gasteiger partial charge in [-0.2, -0.15) is 9.97 Å². The van der Waals surface area contributed by atoms with Gasteiger partial charge in [-0.3, -0.25) is 9.69 Å². The molecule has 1 aliphatic carbocycles. The number of rotatable bonds is 8. The van der Waals surface area contributed by atoms with Crippen molar-refractivity contribution in [2.75, 3.05) is 36.9 Å². The molecule has 2 N–H and O–H groups in total. The average molecular weight is 450 g/mol. The van der Waals surface area contributed by atoms with Gasteiger partial charge in [-0.05, 0) is 48.3 Å². The molecule has 33 heavy (non-hydrogen) atoms. The lowest BCUT2D eigenvalue weighted by molar-refractivity contribution is -0.117. The van der Waals surface area contributed by atoms with Gasteiger partial charge in [0.2, 0.25) is 0 Å². The monoisotopic (exact) mass is 449 g/mol. The van der Waals surface area contributed by atoms with Gasteiger partial charge in [0.15, 0.2) is 5.78 Å². The summed E-state index contributed by atoms with van der Waals surface area (Å²) in [5.41, 5.74) is 11.0. The molecule has 0 radical (unpaired) electrons. The second-order valence-electron chi connectivity index (χ2n) is 9.85. The summed E-state index contributed by atoms with van der Waals surface area (Å²) in [6.07, 6.45) is 7.56. The van der Waals surface area contributed by atoms with E-state index >= 15 is 0 Å². The Bertz CT molecular complexity index is 1020. The molecule has 1 aromatic heterocycles. The molecule has 176 valence electrons. The Morgan fingerprint density at radius 1 is 1.18 bits per heavy atom. The van der Waals surface area contributed by atoms with E-state index in [0.29, 0.717) is 31.5 Å². The minimum absolute atomic E-state index is 0.141. The van der Waals surface area contributed by atoms with Crippen LogP contribution >= 0.6 is 0 Å². The topological polar surface area (TPSA) is 84.6 Å². The lowest BCUT2D eigenvalue weighted by Gasteiger charge is -2.35. The van der Waals surface area contributed by atoms with Crippen molar-refractivity contribution in [2.24, 2.45) is 5.92 Å². The van der Waals surface area contributed by atoms with E-state index in [2.05, 4.69) is 40.0 Å². The van der Waals surface area contributed by atoms with Crippen LogP contribution in [0.3, 0.4) is 0 Å². The number of hydrogen-bond donors (Lipinski definition) is 1. The number of aromatic nitrogens is 2. The number of nitrogens with zero attached hydrogens (tertiary/aromatic N) is 4. The van der Waals surface area contributed by atoms with Gasteiger partial charge in [0.1, 0.15) is 11.6 Å². The summed E-state index contributed by atoms with van der Waals surface area (Å²) in [5.74, 6) is 2.12. The van der Waals surface area contributed by atoms with Gasteiger partial charge >= 0.3 is 6.01 Å². The third-order valence-electron chi connectivity index (χ3n) is 7.24. The smallest absolute Gasteiger partial charge is 0.320 e. The molecule has 0 atom stereocenters. The normalized spacial score (nSPS) is 18.6. The van der Waals surface area contributed by atoms with Gasteiger partial charge in [0.05, 0.1) is 13.2 Å². The lowest BCUT2D eigenvalue weighted by Crippen LogP contribution is -2.37. The molecule has 7 nitrogen and oxygen atoms in total. The van der Waals surface area contributed by atoms with E-state index in [4.69, 9.17) is 10.5 Å². The number of nitrogen functional groups attached to an aromatic ring is 1. The van der Waals surface area contributed by atoms with Gasteiger partial charge in [0.25, 0.3) is 0 Å². The summed E-state index contributed by atoms with van der Waals surface area (Å²) in [6, 6.07) is 7.09. The summed E-state index contributed by atoms with van der Waals surface area (Å²) in [5, 5.41) is 0. The molecular weight excluding hydrogens is 414 g/mol. The van der Waals surface area contributed by atoms with Crippen molar-refractivity contribution in [1.29, 1.82) is 0 Å². The third kappa shape index (κ3) is 4.98. The van der Waals surface area contributed by atoms with Crippen LogP contribution < -0.4 is 15.4 Å². The highest BCUT2D eigenvalue weighted by atomic mass is 16.5. The van der Waals surface area contributed by atoms with Crippen LogP contribution in [0.1, 0.15) is 61.3 Å². The first-order chi connectivity index (χ1) is 16.1. The quantitative estimate of drug-likeness (QED) is 0.617. The molecule has 2 aromatic rings. The lowest BCUT2D eigenvalue weighted by atomic mass is 9.84. The first-order valence-electron chi connectivity index (χ1n) is 12.5. The zero-order valence-electron chi connectivity index (χ0n) is 19.7. The van der Waals surface area contributed by atoms with Gasteiger partial charge in [-0.1, -0.05) is 38.0 Å². The predicted octanol–water partition coefficient (Wildman–Crippen LogP) is 3.53. The zero-order valence-corrected chi connectivity index (χ0v) is 19.7. The molecule has 1 saturated carbocycles. The van der Waals surface area contributed by atoms with E-state index in [1.165, 1.54) is 42.5 Å². The first-order valence-corrected chi connectivity index (χ1v) is 12.5. The minimum Gasteiger partial charge on any atom is -0.463 e. The van der Waals surface area contributed by atoms with Crippen LogP contribution in [-0.2, 0) is 30.7 Å². The summed E-state index contributed by atoms with van der Waals surface area (Å²) >= 11 is 0. The number of fused-ring (bicyclic) bond motifs is 2. The number of ketones is 1. The summed E-state index contributed by atoms with van der Waals surface area (Å²) in [7, 11) is 0. The van der Waals surface area contributed by atoms with Crippen molar-refractivity contribution in [3.8, 4) is 6.01 Å². The molecule has 0 saturated heterocycles. The number of benzene rings is 1. The van der Waals surface area contributed by atoms with Crippen LogP contribution in [0.5, 0.6) is 6.01 Å². The second-order valence-corrected chi connectivity index (χ2v) is 9.85. The van der Waals surface area contributed by atoms with Crippen LogP contribution in [0.15, 0.2) is 18.2 Å². The molecule has 0 bridgehead atoms. The van der Waals surface area contributed by atoms with Gasteiger partial charge < -0.3 is 15.4 Å². The molecule has 0 amide bonds. The Labute approximate surface area is 196 Å².